The van der Waals surface area contributed by atoms with Crippen molar-refractivity contribution < 1.29 is 19.4 Å². The lowest BCUT2D eigenvalue weighted by Gasteiger charge is -2.24. The summed E-state index contributed by atoms with van der Waals surface area (Å²) in [4.78, 5) is 25.8. The molecule has 0 saturated carbocycles. The van der Waals surface area contributed by atoms with Gasteiger partial charge in [0.2, 0.25) is 5.91 Å². The summed E-state index contributed by atoms with van der Waals surface area (Å²) in [5.41, 5.74) is 6.57. The Kier molecular flexibility index (Phi) is 8.01. The van der Waals surface area contributed by atoms with Crippen molar-refractivity contribution in [2.24, 2.45) is 0 Å². The largest absolute Gasteiger partial charge is 0.487 e. The van der Waals surface area contributed by atoms with Crippen molar-refractivity contribution in [3.05, 3.63) is 100 Å². The number of hydrogen-bond donors (Lipinski definition) is 1. The Balaban J connectivity index is 1.37. The van der Waals surface area contributed by atoms with Gasteiger partial charge in [-0.15, -0.1) is 0 Å². The highest BCUT2D eigenvalue weighted by Gasteiger charge is 2.35. The van der Waals surface area contributed by atoms with Gasteiger partial charge in [-0.25, -0.2) is 0 Å². The molecule has 0 fully saturated rings. The van der Waals surface area contributed by atoms with Crippen molar-refractivity contribution in [3.8, 4) is 5.75 Å². The van der Waals surface area contributed by atoms with Crippen molar-refractivity contribution in [2.75, 3.05) is 6.54 Å². The molecule has 1 aliphatic rings. The van der Waals surface area contributed by atoms with Crippen LogP contribution in [0.5, 0.6) is 5.75 Å². The molecule has 0 radical (unpaired) electrons. The zero-order valence-electron chi connectivity index (χ0n) is 22.3. The molecule has 3 aromatic carbocycles. The van der Waals surface area contributed by atoms with E-state index in [0.717, 1.165) is 40.8 Å². The van der Waals surface area contributed by atoms with E-state index >= 15 is 0 Å². The van der Waals surface area contributed by atoms with Crippen LogP contribution in [0.1, 0.15) is 66.5 Å². The van der Waals surface area contributed by atoms with Gasteiger partial charge in [0.05, 0.1) is 0 Å². The van der Waals surface area contributed by atoms with Crippen LogP contribution in [0.25, 0.3) is 0 Å². The van der Waals surface area contributed by atoms with Crippen molar-refractivity contribution in [1.29, 1.82) is 0 Å². The van der Waals surface area contributed by atoms with E-state index in [9.17, 15) is 14.7 Å². The zero-order valence-corrected chi connectivity index (χ0v) is 22.3. The van der Waals surface area contributed by atoms with Crippen LogP contribution in [0.2, 0.25) is 0 Å². The molecule has 0 aromatic heterocycles. The molecule has 5 nitrogen and oxygen atoms in total. The summed E-state index contributed by atoms with van der Waals surface area (Å²) in [6, 6.07) is 22.8. The second kappa shape index (κ2) is 11.2. The summed E-state index contributed by atoms with van der Waals surface area (Å²) in [6.07, 6.45) is 2.47. The Morgan fingerprint density at radius 3 is 2.27 bits per heavy atom. The molecule has 1 amide bonds. The molecule has 37 heavy (non-hydrogen) atoms. The van der Waals surface area contributed by atoms with E-state index < -0.39 is 5.97 Å². The quantitative estimate of drug-likeness (QED) is 0.366. The number of benzene rings is 3. The number of amides is 1. The van der Waals surface area contributed by atoms with E-state index in [0.29, 0.717) is 18.9 Å². The summed E-state index contributed by atoms with van der Waals surface area (Å²) in [5, 5.41) is 9.33. The highest BCUT2D eigenvalue weighted by molar-refractivity contribution is 5.81. The predicted octanol–water partition coefficient (Wildman–Crippen LogP) is 6.10. The number of hydrogen-bond acceptors (Lipinski definition) is 3. The maximum atomic E-state index is 13.0. The molecule has 0 saturated heterocycles. The van der Waals surface area contributed by atoms with Crippen LogP contribution in [-0.4, -0.2) is 34.0 Å². The molecule has 1 aliphatic heterocycles. The van der Waals surface area contributed by atoms with Gasteiger partial charge in [-0.3, -0.25) is 9.59 Å². The molecule has 1 unspecified atom stereocenters. The average molecular weight is 500 g/mol. The van der Waals surface area contributed by atoms with Crippen LogP contribution in [-0.2, 0) is 35.4 Å². The number of carbonyl (C=O) groups is 2. The van der Waals surface area contributed by atoms with Gasteiger partial charge in [-0.2, -0.15) is 0 Å². The number of carboxylic acid groups (broad SMARTS) is 1. The van der Waals surface area contributed by atoms with Crippen molar-refractivity contribution in [1.82, 2.24) is 4.90 Å². The van der Waals surface area contributed by atoms with Crippen LogP contribution in [0, 0.1) is 6.92 Å². The first kappa shape index (κ1) is 26.5. The summed E-state index contributed by atoms with van der Waals surface area (Å²) in [7, 11) is 0. The molecule has 194 valence electrons. The molecule has 1 atom stereocenters. The number of aryl methyl sites for hydroxylation is 2. The smallest absolute Gasteiger partial charge is 0.323 e. The summed E-state index contributed by atoms with van der Waals surface area (Å²) < 4.78 is 6.37. The molecule has 5 heteroatoms. The van der Waals surface area contributed by atoms with E-state index in [1.165, 1.54) is 16.0 Å². The van der Waals surface area contributed by atoms with Gasteiger partial charge < -0.3 is 14.7 Å². The second-order valence-electron chi connectivity index (χ2n) is 10.9. The fourth-order valence-electron chi connectivity index (χ4n) is 5.00. The van der Waals surface area contributed by atoms with Gasteiger partial charge in [0.1, 0.15) is 17.9 Å². The molecule has 0 bridgehead atoms. The van der Waals surface area contributed by atoms with Crippen molar-refractivity contribution in [3.63, 3.8) is 0 Å². The SMILES string of the molecule is Cc1ccc(CN(CC(=O)O)C(=O)CCc2ccc3c(c2)CC(C)(Cc2ccc(C(C)C)cc2)O3)cc1. The van der Waals surface area contributed by atoms with E-state index in [2.05, 4.69) is 51.1 Å². The lowest BCUT2D eigenvalue weighted by atomic mass is 9.90. The van der Waals surface area contributed by atoms with Gasteiger partial charge in [-0.1, -0.05) is 80.1 Å². The van der Waals surface area contributed by atoms with Gasteiger partial charge in [0.25, 0.3) is 0 Å². The van der Waals surface area contributed by atoms with Crippen LogP contribution in [0.3, 0.4) is 0 Å². The third-order valence-corrected chi connectivity index (χ3v) is 7.07. The number of carboxylic acids is 1. The van der Waals surface area contributed by atoms with Gasteiger partial charge in [0, 0.05) is 25.8 Å². The topological polar surface area (TPSA) is 66.8 Å². The van der Waals surface area contributed by atoms with Crippen molar-refractivity contribution >= 4 is 11.9 Å². The number of rotatable bonds is 10. The molecule has 4 rings (SSSR count). The Morgan fingerprint density at radius 1 is 0.973 bits per heavy atom. The predicted molar refractivity (Wildman–Crippen MR) is 146 cm³/mol. The van der Waals surface area contributed by atoms with Gasteiger partial charge in [0.15, 0.2) is 0 Å². The monoisotopic (exact) mass is 499 g/mol. The number of aliphatic carboxylic acids is 1. The fraction of sp³-hybridized carbons (Fsp3) is 0.375. The molecule has 0 aliphatic carbocycles. The Labute approximate surface area is 220 Å². The molecular formula is C32H37NO4. The maximum absolute atomic E-state index is 13.0. The lowest BCUT2D eigenvalue weighted by molar-refractivity contribution is -0.144. The second-order valence-corrected chi connectivity index (χ2v) is 10.9. The minimum absolute atomic E-state index is 0.158. The Morgan fingerprint density at radius 2 is 1.62 bits per heavy atom. The third kappa shape index (κ3) is 7.00. The number of carbonyl (C=O) groups excluding carboxylic acids is 1. The first-order chi connectivity index (χ1) is 17.6. The van der Waals surface area contributed by atoms with E-state index in [-0.39, 0.29) is 24.5 Å². The average Bonchev–Trinajstić information content (AvgIpc) is 3.18. The first-order valence-electron chi connectivity index (χ1n) is 13.0. The summed E-state index contributed by atoms with van der Waals surface area (Å²) in [5.74, 6) is 0.256. The molecule has 1 N–H and O–H groups in total. The lowest BCUT2D eigenvalue weighted by Crippen LogP contribution is -2.35. The zero-order chi connectivity index (χ0) is 26.6. The summed E-state index contributed by atoms with van der Waals surface area (Å²) >= 11 is 0. The standard InChI is InChI=1S/C32H37NO4/c1-22(2)27-13-9-25(10-14-27)18-32(4)19-28-17-24(11-15-29(28)37-32)12-16-30(34)33(21-31(35)36)20-26-7-5-23(3)6-8-26/h5-11,13-15,17,22H,12,16,18-21H2,1-4H3,(H,35,36). The Hall–Kier alpha value is -3.60. The van der Waals surface area contributed by atoms with Crippen LogP contribution < -0.4 is 4.74 Å². The maximum Gasteiger partial charge on any atom is 0.323 e. The van der Waals surface area contributed by atoms with E-state index in [1.54, 1.807) is 0 Å². The Bertz CT molecular complexity index is 1250. The number of nitrogens with zero attached hydrogens (tertiary/aromatic N) is 1. The number of fused-ring (bicyclic) bond motifs is 1. The highest BCUT2D eigenvalue weighted by atomic mass is 16.5. The van der Waals surface area contributed by atoms with Crippen LogP contribution in [0.15, 0.2) is 66.7 Å². The minimum Gasteiger partial charge on any atom is -0.487 e. The first-order valence-corrected chi connectivity index (χ1v) is 13.0. The van der Waals surface area contributed by atoms with Crippen molar-refractivity contribution in [2.45, 2.75) is 71.4 Å². The third-order valence-electron chi connectivity index (χ3n) is 7.07. The van der Waals surface area contributed by atoms with Gasteiger partial charge in [-0.05, 0) is 60.1 Å². The van der Waals surface area contributed by atoms with E-state index in [1.807, 2.05) is 43.3 Å². The normalized spacial score (nSPS) is 16.4. The molecule has 0 spiro atoms. The highest BCUT2D eigenvalue weighted by Crippen LogP contribution is 2.37. The molecular weight excluding hydrogens is 462 g/mol. The minimum atomic E-state index is -1.01. The van der Waals surface area contributed by atoms with Crippen LogP contribution >= 0.6 is 0 Å². The van der Waals surface area contributed by atoms with E-state index in [4.69, 9.17) is 4.74 Å². The number of ether oxygens (including phenoxy) is 1. The molecule has 3 aromatic rings. The van der Waals surface area contributed by atoms with Gasteiger partial charge >= 0.3 is 5.97 Å². The van der Waals surface area contributed by atoms with Crippen LogP contribution in [0.4, 0.5) is 0 Å². The summed E-state index contributed by atoms with van der Waals surface area (Å²) in [6.45, 7) is 8.54. The molecule has 1 heterocycles. The fourth-order valence-corrected chi connectivity index (χ4v) is 5.00.